The van der Waals surface area contributed by atoms with E-state index in [2.05, 4.69) is 16.0 Å². The lowest BCUT2D eigenvalue weighted by molar-refractivity contribution is -0.388. The first kappa shape index (κ1) is 57.0. The Bertz CT molecular complexity index is 1690. The Hall–Kier alpha value is -2.92. The van der Waals surface area contributed by atoms with Crippen LogP contribution in [0.25, 0.3) is 0 Å². The van der Waals surface area contributed by atoms with Crippen molar-refractivity contribution in [1.29, 1.82) is 0 Å². The number of nitrogens with two attached hydrogens (primary N) is 1. The van der Waals surface area contributed by atoms with Gasteiger partial charge in [0.05, 0.1) is 24.9 Å². The van der Waals surface area contributed by atoms with E-state index in [1.807, 2.05) is 0 Å². The number of nitrogens with one attached hydrogen (secondary N) is 3. The zero-order valence-electron chi connectivity index (χ0n) is 38.9. The highest BCUT2D eigenvalue weighted by atomic mass is 16.8. The number of aliphatic hydroxyl groups excluding tert-OH is 9. The van der Waals surface area contributed by atoms with Crippen LogP contribution >= 0.6 is 0 Å². The van der Waals surface area contributed by atoms with Gasteiger partial charge in [-0.2, -0.15) is 0 Å². The third-order valence-electron chi connectivity index (χ3n) is 12.5. The van der Waals surface area contributed by atoms with Gasteiger partial charge >= 0.3 is 5.97 Å². The van der Waals surface area contributed by atoms with Gasteiger partial charge < -0.3 is 120 Å². The van der Waals surface area contributed by atoms with Crippen LogP contribution in [0.15, 0.2) is 0 Å². The number of aliphatic hydroxyl groups is 9. The second-order valence-electron chi connectivity index (χ2n) is 17.8. The molecule has 0 bridgehead atoms. The third-order valence-corrected chi connectivity index (χ3v) is 12.5. The maximum Gasteiger partial charge on any atom is 0.335 e. The number of hydrogen-bond acceptors (Lipinski definition) is 24. The van der Waals surface area contributed by atoms with Gasteiger partial charge in [0.15, 0.2) is 37.6 Å². The van der Waals surface area contributed by atoms with Crippen molar-refractivity contribution in [2.45, 2.75) is 214 Å². The van der Waals surface area contributed by atoms with Crippen molar-refractivity contribution < 1.29 is 118 Å². The van der Waals surface area contributed by atoms with Crippen LogP contribution in [0.1, 0.15) is 60.8 Å². The van der Waals surface area contributed by atoms with Crippen LogP contribution in [-0.4, -0.2) is 248 Å². The van der Waals surface area contributed by atoms with E-state index >= 15 is 0 Å². The fourth-order valence-electron chi connectivity index (χ4n) is 8.81. The quantitative estimate of drug-likeness (QED) is 0.0535. The van der Waals surface area contributed by atoms with E-state index in [1.54, 1.807) is 0 Å². The summed E-state index contributed by atoms with van der Waals surface area (Å²) in [6, 6.07) is -4.51. The van der Waals surface area contributed by atoms with E-state index in [1.165, 1.54) is 27.7 Å². The predicted octanol–water partition coefficient (Wildman–Crippen LogP) is -7.16. The molecule has 12 unspecified atom stereocenters. The lowest BCUT2D eigenvalue weighted by atomic mass is 9.93. The molecule has 5 rings (SSSR count). The number of carbonyl (C=O) groups excluding carboxylic acids is 3. The average molecular weight is 1000 g/mol. The van der Waals surface area contributed by atoms with Gasteiger partial charge in [0.1, 0.15) is 97.5 Å². The zero-order valence-corrected chi connectivity index (χ0v) is 38.9. The highest BCUT2D eigenvalue weighted by Gasteiger charge is 2.58. The number of hydrogen-bond donors (Lipinski definition) is 14. The van der Waals surface area contributed by atoms with Crippen LogP contribution in [0.5, 0.6) is 0 Å². The summed E-state index contributed by atoms with van der Waals surface area (Å²) in [4.78, 5) is 50.7. The second kappa shape index (κ2) is 25.2. The maximum absolute atomic E-state index is 13.2. The van der Waals surface area contributed by atoms with E-state index in [-0.39, 0.29) is 6.61 Å². The van der Waals surface area contributed by atoms with E-state index in [4.69, 9.17) is 53.1 Å². The molecule has 25 atom stereocenters. The van der Waals surface area contributed by atoms with Crippen LogP contribution in [0, 0.1) is 0 Å². The van der Waals surface area contributed by atoms with E-state index < -0.39 is 184 Å². The standard InChI is InChI=1S/C41H70N4O24/c1-13-23(50)26(53)20(43-16(4)47)38(62-13)69-35-29(56)28(55)34(36(58)59)68-41(35)67-33-22(45-18(6)49)39(63-15(3)31(33)65-40-30(57)27(54)25(52)19(12-46)64-40)66-32-21(44-17(5)48)37(61-14(2)24(32)51)60-11-9-7-8-10-42/h13-15,19-35,37-41,46,50-57H,7-12,42H2,1-6H3,(H,43,47)(H,44,48)(H,45,49)(H,58,59)/t13?,14?,15?,19?,20-,21?,22-,23+,24-,25+,26?,27?,28-,29?,30?,31+,32?,33?,34?,35-,37+,38-,39-,40-,41+/m0/s1. The molecule has 5 aliphatic heterocycles. The normalized spacial score (nSPS) is 45.0. The molecular weight excluding hydrogens is 932 g/mol. The van der Waals surface area contributed by atoms with Crippen LogP contribution in [-0.2, 0) is 66.5 Å². The average Bonchev–Trinajstić information content (AvgIpc) is 3.28. The highest BCUT2D eigenvalue weighted by Crippen LogP contribution is 2.37. The molecule has 3 amide bonds. The lowest BCUT2D eigenvalue weighted by Gasteiger charge is -2.52. The molecule has 5 saturated heterocycles. The summed E-state index contributed by atoms with van der Waals surface area (Å²) < 4.78 is 60.7. The van der Waals surface area contributed by atoms with Crippen molar-refractivity contribution in [3.05, 3.63) is 0 Å². The van der Waals surface area contributed by atoms with Gasteiger partial charge in [-0.3, -0.25) is 14.4 Å². The number of amides is 3. The molecule has 15 N–H and O–H groups in total. The van der Waals surface area contributed by atoms with Gasteiger partial charge in [-0.1, -0.05) is 0 Å². The zero-order chi connectivity index (χ0) is 51.2. The Morgan fingerprint density at radius 1 is 0.493 bits per heavy atom. The van der Waals surface area contributed by atoms with Gasteiger partial charge in [-0.15, -0.1) is 0 Å². The highest BCUT2D eigenvalue weighted by molar-refractivity contribution is 5.74. The van der Waals surface area contributed by atoms with Crippen LogP contribution < -0.4 is 21.7 Å². The first-order chi connectivity index (χ1) is 32.5. The summed E-state index contributed by atoms with van der Waals surface area (Å²) in [5.41, 5.74) is 5.63. The third kappa shape index (κ3) is 13.6. The minimum atomic E-state index is -2.26. The number of carboxylic acids is 1. The molecule has 0 spiro atoms. The SMILES string of the molecule is CC(=O)NC1C(O[C@@H]2OC(C)[C@@H](O[C@@H]3OC(CO)[C@@H](O)C(O)C3O)C(O[C@@H]3OC(C(=O)O)[C@@H](O)C(O)[C@@H]3O[C@@H]3OC(C)[C@@H](O)C(O)[C@@H]3NC(C)=O)[C@@H]2NC(C)=O)[C@@H](O)C(C)O[C@H]1OCCCCCN. The summed E-state index contributed by atoms with van der Waals surface area (Å²) >= 11 is 0. The Morgan fingerprint density at radius 2 is 1.01 bits per heavy atom. The molecule has 28 heteroatoms. The Morgan fingerprint density at radius 3 is 1.61 bits per heavy atom. The van der Waals surface area contributed by atoms with Crippen molar-refractivity contribution in [2.24, 2.45) is 5.73 Å². The Kier molecular flexibility index (Phi) is 20.8. The van der Waals surface area contributed by atoms with E-state index in [0.29, 0.717) is 25.8 Å². The van der Waals surface area contributed by atoms with Crippen LogP contribution in [0.3, 0.4) is 0 Å². The number of carboxylic acid groups (broad SMARTS) is 1. The second-order valence-corrected chi connectivity index (χ2v) is 17.8. The van der Waals surface area contributed by atoms with Crippen molar-refractivity contribution in [3.8, 4) is 0 Å². The molecule has 5 aliphatic rings. The minimum Gasteiger partial charge on any atom is -0.479 e. The molecule has 0 aliphatic carbocycles. The van der Waals surface area contributed by atoms with Crippen LogP contribution in [0.4, 0.5) is 0 Å². The number of unbranched alkanes of at least 4 members (excludes halogenated alkanes) is 2. The molecule has 5 heterocycles. The summed E-state index contributed by atoms with van der Waals surface area (Å²) in [6.45, 7) is 7.31. The van der Waals surface area contributed by atoms with Crippen molar-refractivity contribution in [2.75, 3.05) is 19.8 Å². The molecule has 0 radical (unpaired) electrons. The van der Waals surface area contributed by atoms with Gasteiger partial charge in [-0.05, 0) is 46.6 Å². The Labute approximate surface area is 396 Å². The van der Waals surface area contributed by atoms with E-state index in [0.717, 1.165) is 13.8 Å². The summed E-state index contributed by atoms with van der Waals surface area (Å²) in [7, 11) is 0. The van der Waals surface area contributed by atoms with Crippen LogP contribution in [0.2, 0.25) is 0 Å². The largest absolute Gasteiger partial charge is 0.479 e. The molecular formula is C41H70N4O24. The number of carbonyl (C=O) groups is 4. The van der Waals surface area contributed by atoms with Gasteiger partial charge in [0, 0.05) is 27.4 Å². The summed E-state index contributed by atoms with van der Waals surface area (Å²) in [5, 5.41) is 116. The number of ether oxygens (including phenoxy) is 10. The van der Waals surface area contributed by atoms with Crippen molar-refractivity contribution in [3.63, 3.8) is 0 Å². The molecule has 69 heavy (non-hydrogen) atoms. The van der Waals surface area contributed by atoms with Crippen molar-refractivity contribution in [1.82, 2.24) is 16.0 Å². The monoisotopic (exact) mass is 1000 g/mol. The summed E-state index contributed by atoms with van der Waals surface area (Å²) in [5.74, 6) is -3.91. The number of aliphatic carboxylic acids is 1. The molecule has 28 nitrogen and oxygen atoms in total. The first-order valence-electron chi connectivity index (χ1n) is 22.8. The van der Waals surface area contributed by atoms with Gasteiger partial charge in [-0.25, -0.2) is 4.79 Å². The summed E-state index contributed by atoms with van der Waals surface area (Å²) in [6.07, 6.45) is -36.4. The Balaban J connectivity index is 1.60. The smallest absolute Gasteiger partial charge is 0.335 e. The molecule has 5 fully saturated rings. The topological polar surface area (TPSA) is 425 Å². The number of rotatable bonds is 19. The maximum atomic E-state index is 13.2. The predicted molar refractivity (Wildman–Crippen MR) is 224 cm³/mol. The minimum absolute atomic E-state index is 0.146. The molecule has 398 valence electrons. The molecule has 0 saturated carbocycles. The molecule has 0 aromatic rings. The molecule has 0 aromatic heterocycles. The molecule has 0 aromatic carbocycles. The lowest BCUT2D eigenvalue weighted by Crippen LogP contribution is -2.71. The van der Waals surface area contributed by atoms with Gasteiger partial charge in [0.2, 0.25) is 17.7 Å². The van der Waals surface area contributed by atoms with Gasteiger partial charge in [0.25, 0.3) is 0 Å². The van der Waals surface area contributed by atoms with Crippen molar-refractivity contribution >= 4 is 23.7 Å². The fourth-order valence-corrected chi connectivity index (χ4v) is 8.81. The fraction of sp³-hybridized carbons (Fsp3) is 0.902. The van der Waals surface area contributed by atoms with E-state index in [9.17, 15) is 70.2 Å². The first-order valence-corrected chi connectivity index (χ1v) is 22.8.